The van der Waals surface area contributed by atoms with Gasteiger partial charge in [0.25, 0.3) is 0 Å². The van der Waals surface area contributed by atoms with E-state index in [0.29, 0.717) is 6.54 Å². The van der Waals surface area contributed by atoms with Gasteiger partial charge in [0, 0.05) is 12.5 Å². The van der Waals surface area contributed by atoms with E-state index in [1.165, 1.54) is 6.92 Å². The fraction of sp³-hybridized carbons (Fsp3) is 0.750. The number of hydrogen-bond donors (Lipinski definition) is 3. The van der Waals surface area contributed by atoms with E-state index in [1.54, 1.807) is 14.0 Å². The van der Waals surface area contributed by atoms with Crippen LogP contribution in [0.2, 0.25) is 0 Å². The molecule has 0 heterocycles. The van der Waals surface area contributed by atoms with E-state index in [2.05, 4.69) is 10.6 Å². The summed E-state index contributed by atoms with van der Waals surface area (Å²) in [4.78, 5) is 21.6. The van der Waals surface area contributed by atoms with E-state index in [-0.39, 0.29) is 11.8 Å². The summed E-state index contributed by atoms with van der Waals surface area (Å²) in [7, 11) is 1.74. The average molecular weight is 188 g/mol. The van der Waals surface area contributed by atoms with Crippen LogP contribution in [0.4, 0.5) is 0 Å². The van der Waals surface area contributed by atoms with Crippen molar-refractivity contribution in [1.82, 2.24) is 10.6 Å². The molecule has 1 amide bonds. The minimum atomic E-state index is -1.02. The molecule has 0 aromatic rings. The molecule has 5 nitrogen and oxygen atoms in total. The van der Waals surface area contributed by atoms with Crippen molar-refractivity contribution < 1.29 is 14.7 Å². The fourth-order valence-electron chi connectivity index (χ4n) is 0.816. The second kappa shape index (κ2) is 5.53. The van der Waals surface area contributed by atoms with Crippen molar-refractivity contribution in [2.75, 3.05) is 13.6 Å². The molecule has 0 radical (unpaired) electrons. The zero-order chi connectivity index (χ0) is 10.4. The zero-order valence-corrected chi connectivity index (χ0v) is 8.13. The number of amides is 1. The normalized spacial score (nSPS) is 14.7. The Bertz CT molecular complexity index is 194. The monoisotopic (exact) mass is 188 g/mol. The molecule has 0 bridgehead atoms. The van der Waals surface area contributed by atoms with E-state index in [1.807, 2.05) is 0 Å². The molecule has 0 aliphatic heterocycles. The maximum absolute atomic E-state index is 11.2. The summed E-state index contributed by atoms with van der Waals surface area (Å²) >= 11 is 0. The molecule has 0 saturated heterocycles. The number of aliphatic carboxylic acids is 1. The number of carboxylic acids is 1. The third-order valence-corrected chi connectivity index (χ3v) is 1.69. The zero-order valence-electron chi connectivity index (χ0n) is 8.13. The molecule has 0 aliphatic carbocycles. The molecule has 0 aliphatic rings. The summed E-state index contributed by atoms with van der Waals surface area (Å²) in [6, 6.07) is -0.827. The van der Waals surface area contributed by atoms with Gasteiger partial charge in [-0.1, -0.05) is 6.92 Å². The van der Waals surface area contributed by atoms with Gasteiger partial charge in [-0.15, -0.1) is 0 Å². The Labute approximate surface area is 77.5 Å². The van der Waals surface area contributed by atoms with Gasteiger partial charge in [-0.05, 0) is 14.0 Å². The second-order valence-electron chi connectivity index (χ2n) is 3.03. The van der Waals surface area contributed by atoms with Gasteiger partial charge in [-0.3, -0.25) is 9.59 Å². The maximum Gasteiger partial charge on any atom is 0.325 e. The lowest BCUT2D eigenvalue weighted by atomic mass is 10.1. The molecule has 0 aromatic carbocycles. The number of nitrogens with one attached hydrogen (secondary N) is 2. The molecule has 13 heavy (non-hydrogen) atoms. The second-order valence-corrected chi connectivity index (χ2v) is 3.03. The number of rotatable bonds is 5. The van der Waals surface area contributed by atoms with Gasteiger partial charge in [0.1, 0.15) is 6.04 Å². The molecule has 0 aromatic heterocycles. The highest BCUT2D eigenvalue weighted by molar-refractivity contribution is 5.84. The van der Waals surface area contributed by atoms with E-state index < -0.39 is 12.0 Å². The molecular weight excluding hydrogens is 172 g/mol. The SMILES string of the molecule is CNCC(C)C(=O)N[C@H](C)C(=O)O. The minimum absolute atomic E-state index is 0.216. The molecule has 2 atom stereocenters. The Morgan fingerprint density at radius 2 is 1.92 bits per heavy atom. The van der Waals surface area contributed by atoms with Crippen molar-refractivity contribution in [2.45, 2.75) is 19.9 Å². The van der Waals surface area contributed by atoms with E-state index >= 15 is 0 Å². The smallest absolute Gasteiger partial charge is 0.325 e. The first kappa shape index (κ1) is 11.9. The first-order valence-electron chi connectivity index (χ1n) is 4.16. The molecule has 0 fully saturated rings. The van der Waals surface area contributed by atoms with Crippen molar-refractivity contribution in [1.29, 1.82) is 0 Å². The van der Waals surface area contributed by atoms with E-state index in [4.69, 9.17) is 5.11 Å². The van der Waals surface area contributed by atoms with Crippen LogP contribution in [0.5, 0.6) is 0 Å². The lowest BCUT2D eigenvalue weighted by molar-refractivity contribution is -0.141. The first-order chi connectivity index (χ1) is 5.99. The first-order valence-corrected chi connectivity index (χ1v) is 4.16. The average Bonchev–Trinajstić information content (AvgIpc) is 2.04. The van der Waals surface area contributed by atoms with Gasteiger partial charge in [-0.25, -0.2) is 0 Å². The topological polar surface area (TPSA) is 78.4 Å². The van der Waals surface area contributed by atoms with Crippen LogP contribution < -0.4 is 10.6 Å². The van der Waals surface area contributed by atoms with Crippen LogP contribution in [0, 0.1) is 5.92 Å². The third-order valence-electron chi connectivity index (χ3n) is 1.69. The van der Waals surface area contributed by atoms with Gasteiger partial charge >= 0.3 is 5.97 Å². The Morgan fingerprint density at radius 3 is 2.31 bits per heavy atom. The molecule has 0 saturated carbocycles. The number of carbonyl (C=O) groups is 2. The highest BCUT2D eigenvalue weighted by Gasteiger charge is 2.17. The largest absolute Gasteiger partial charge is 0.480 e. The van der Waals surface area contributed by atoms with Crippen LogP contribution in [0.25, 0.3) is 0 Å². The fourth-order valence-corrected chi connectivity index (χ4v) is 0.816. The maximum atomic E-state index is 11.2. The van der Waals surface area contributed by atoms with Crippen LogP contribution in [0.15, 0.2) is 0 Å². The summed E-state index contributed by atoms with van der Waals surface area (Å²) in [5, 5.41) is 13.7. The lowest BCUT2D eigenvalue weighted by Gasteiger charge is -2.13. The van der Waals surface area contributed by atoms with Gasteiger partial charge in [0.2, 0.25) is 5.91 Å². The van der Waals surface area contributed by atoms with Crippen LogP contribution in [-0.4, -0.2) is 36.6 Å². The quantitative estimate of drug-likeness (QED) is 0.540. The van der Waals surface area contributed by atoms with Crippen molar-refractivity contribution in [3.63, 3.8) is 0 Å². The summed E-state index contributed by atoms with van der Waals surface area (Å²) in [6.07, 6.45) is 0. The van der Waals surface area contributed by atoms with Crippen LogP contribution in [0.1, 0.15) is 13.8 Å². The summed E-state index contributed by atoms with van der Waals surface area (Å²) in [5.74, 6) is -1.49. The van der Waals surface area contributed by atoms with Crippen LogP contribution in [0.3, 0.4) is 0 Å². The summed E-state index contributed by atoms with van der Waals surface area (Å²) in [6.45, 7) is 3.71. The lowest BCUT2D eigenvalue weighted by Crippen LogP contribution is -2.43. The highest BCUT2D eigenvalue weighted by atomic mass is 16.4. The Morgan fingerprint density at radius 1 is 1.38 bits per heavy atom. The van der Waals surface area contributed by atoms with Crippen molar-refractivity contribution >= 4 is 11.9 Å². The highest BCUT2D eigenvalue weighted by Crippen LogP contribution is 1.93. The predicted molar refractivity (Wildman–Crippen MR) is 48.3 cm³/mol. The molecular formula is C8H16N2O3. The molecule has 5 heteroatoms. The van der Waals surface area contributed by atoms with Crippen molar-refractivity contribution in [3.05, 3.63) is 0 Å². The third kappa shape index (κ3) is 4.47. The number of hydrogen-bond acceptors (Lipinski definition) is 3. The van der Waals surface area contributed by atoms with Gasteiger partial charge in [0.15, 0.2) is 0 Å². The number of carbonyl (C=O) groups excluding carboxylic acids is 1. The molecule has 0 spiro atoms. The standard InChI is InChI=1S/C8H16N2O3/c1-5(4-9-3)7(11)10-6(2)8(12)13/h5-6,9H,4H2,1-3H3,(H,10,11)(H,12,13)/t5?,6-/m1/s1. The van der Waals surface area contributed by atoms with Gasteiger partial charge in [-0.2, -0.15) is 0 Å². The summed E-state index contributed by atoms with van der Waals surface area (Å²) in [5.41, 5.74) is 0. The van der Waals surface area contributed by atoms with Gasteiger partial charge < -0.3 is 15.7 Å². The molecule has 0 rings (SSSR count). The van der Waals surface area contributed by atoms with Crippen molar-refractivity contribution in [2.24, 2.45) is 5.92 Å². The Balaban J connectivity index is 3.92. The van der Waals surface area contributed by atoms with Crippen LogP contribution >= 0.6 is 0 Å². The van der Waals surface area contributed by atoms with Gasteiger partial charge in [0.05, 0.1) is 0 Å². The van der Waals surface area contributed by atoms with Crippen LogP contribution in [-0.2, 0) is 9.59 Å². The number of carboxylic acid groups (broad SMARTS) is 1. The molecule has 76 valence electrons. The van der Waals surface area contributed by atoms with E-state index in [0.717, 1.165) is 0 Å². The minimum Gasteiger partial charge on any atom is -0.480 e. The molecule has 3 N–H and O–H groups in total. The Kier molecular flexibility index (Phi) is 5.06. The molecule has 1 unspecified atom stereocenters. The summed E-state index contributed by atoms with van der Waals surface area (Å²) < 4.78 is 0. The van der Waals surface area contributed by atoms with E-state index in [9.17, 15) is 9.59 Å². The Hall–Kier alpha value is -1.10. The van der Waals surface area contributed by atoms with Crippen molar-refractivity contribution in [3.8, 4) is 0 Å². The predicted octanol–water partition coefficient (Wildman–Crippen LogP) is -0.569.